The minimum Gasteiger partial charge on any atom is -0.384 e. The van der Waals surface area contributed by atoms with Crippen LogP contribution in [0.15, 0.2) is 18.2 Å². The van der Waals surface area contributed by atoms with Gasteiger partial charge in [-0.1, -0.05) is 43.1 Å². The van der Waals surface area contributed by atoms with E-state index in [4.69, 9.17) is 16.3 Å². The second-order valence-corrected chi connectivity index (χ2v) is 13.1. The lowest BCUT2D eigenvalue weighted by atomic mass is 9.44. The summed E-state index contributed by atoms with van der Waals surface area (Å²) in [5, 5.41) is 9.11. The zero-order chi connectivity index (χ0) is 24.4. The average Bonchev–Trinajstić information content (AvgIpc) is 3.41. The molecule has 190 valence electrons. The summed E-state index contributed by atoms with van der Waals surface area (Å²) in [5.41, 5.74) is 2.00. The monoisotopic (exact) mass is 497 g/mol. The summed E-state index contributed by atoms with van der Waals surface area (Å²) in [5.74, 6) is 4.29. The van der Waals surface area contributed by atoms with Gasteiger partial charge in [0.1, 0.15) is 12.1 Å². The molecule has 6 rings (SSSR count). The van der Waals surface area contributed by atoms with Crippen molar-refractivity contribution in [3.8, 4) is 0 Å². The van der Waals surface area contributed by atoms with E-state index in [9.17, 15) is 4.79 Å². The largest absolute Gasteiger partial charge is 0.384 e. The van der Waals surface area contributed by atoms with E-state index >= 15 is 0 Å². The third-order valence-electron chi connectivity index (χ3n) is 11.2. The van der Waals surface area contributed by atoms with Crippen molar-refractivity contribution in [2.45, 2.75) is 78.2 Å². The Morgan fingerprint density at radius 1 is 1.14 bits per heavy atom. The molecule has 5 nitrogen and oxygen atoms in total. The summed E-state index contributed by atoms with van der Waals surface area (Å²) < 4.78 is 7.70. The van der Waals surface area contributed by atoms with E-state index < -0.39 is 0 Å². The topological polar surface area (TPSA) is 57.0 Å². The Morgan fingerprint density at radius 2 is 2.00 bits per heavy atom. The molecule has 0 aliphatic heterocycles. The fourth-order valence-electron chi connectivity index (χ4n) is 9.68. The van der Waals surface area contributed by atoms with Gasteiger partial charge in [-0.2, -0.15) is 0 Å². The number of hydrogen-bond acceptors (Lipinski definition) is 4. The van der Waals surface area contributed by atoms with E-state index in [1.54, 1.807) is 4.68 Å². The number of fused-ring (bicyclic) bond motifs is 6. The molecule has 4 saturated carbocycles. The summed E-state index contributed by atoms with van der Waals surface area (Å²) in [6.45, 7) is 6.11. The van der Waals surface area contributed by atoms with Crippen LogP contribution in [0.3, 0.4) is 0 Å². The van der Waals surface area contributed by atoms with Crippen molar-refractivity contribution in [3.05, 3.63) is 23.2 Å². The summed E-state index contributed by atoms with van der Waals surface area (Å²) >= 11 is 6.29. The molecule has 4 fully saturated rings. The van der Waals surface area contributed by atoms with Gasteiger partial charge in [0.05, 0.1) is 17.1 Å². The van der Waals surface area contributed by atoms with Crippen LogP contribution in [0, 0.1) is 46.3 Å². The van der Waals surface area contributed by atoms with Gasteiger partial charge in [0.25, 0.3) is 0 Å². The van der Waals surface area contributed by atoms with Crippen LogP contribution in [0.2, 0.25) is 5.02 Å². The molecule has 1 heterocycles. The molecular weight excluding hydrogens is 458 g/mol. The predicted molar refractivity (Wildman–Crippen MR) is 138 cm³/mol. The zero-order valence-corrected chi connectivity index (χ0v) is 22.3. The molecule has 2 aromatic rings. The molecule has 1 aromatic heterocycles. The molecule has 0 spiro atoms. The maximum absolute atomic E-state index is 13.7. The molecule has 35 heavy (non-hydrogen) atoms. The number of nitrogens with zero attached hydrogens (tertiary/aromatic N) is 3. The van der Waals surface area contributed by atoms with Gasteiger partial charge in [-0.3, -0.25) is 4.79 Å². The maximum atomic E-state index is 13.7. The molecule has 1 aromatic carbocycles. The molecule has 8 atom stereocenters. The second kappa shape index (κ2) is 8.83. The Balaban J connectivity index is 1.24. The van der Waals surface area contributed by atoms with Crippen molar-refractivity contribution < 1.29 is 9.53 Å². The summed E-state index contributed by atoms with van der Waals surface area (Å²) in [4.78, 5) is 13.7. The highest BCUT2D eigenvalue weighted by Crippen LogP contribution is 2.68. The lowest BCUT2D eigenvalue weighted by Gasteiger charge is -2.61. The van der Waals surface area contributed by atoms with E-state index in [0.29, 0.717) is 34.2 Å². The molecule has 0 radical (unpaired) electrons. The highest BCUT2D eigenvalue weighted by atomic mass is 35.5. The SMILES string of the molecule is COCC12CCC(C)CC1CCC1C3CCC(C(=O)Cn4nnc5c(Cl)cccc54)C3(C)CCC12. The molecule has 0 N–H and O–H groups in total. The smallest absolute Gasteiger partial charge is 0.157 e. The van der Waals surface area contributed by atoms with Gasteiger partial charge < -0.3 is 4.74 Å². The Bertz CT molecular complexity index is 1120. The maximum Gasteiger partial charge on any atom is 0.157 e. The lowest BCUT2D eigenvalue weighted by Crippen LogP contribution is -2.56. The summed E-state index contributed by atoms with van der Waals surface area (Å²) in [6.07, 6.45) is 11.4. The Kier molecular flexibility index (Phi) is 6.03. The standard InChI is InChI=1S/C29H40ClN3O2/c1-18-11-14-29(17-35-3)19(15-18)7-8-20-21-9-10-23(28(21,2)13-12-22(20)29)26(34)16-33-25-6-4-5-24(30)27(25)31-32-33/h4-6,18-23H,7-17H2,1-3H3. The van der Waals surface area contributed by atoms with Crippen LogP contribution in [0.1, 0.15) is 71.6 Å². The van der Waals surface area contributed by atoms with Gasteiger partial charge in [-0.05, 0) is 104 Å². The van der Waals surface area contributed by atoms with Gasteiger partial charge in [-0.25, -0.2) is 4.68 Å². The molecular formula is C29H40ClN3O2. The van der Waals surface area contributed by atoms with Crippen molar-refractivity contribution >= 4 is 28.4 Å². The molecule has 6 heteroatoms. The molecule has 4 aliphatic carbocycles. The molecule has 4 aliphatic rings. The fraction of sp³-hybridized carbons (Fsp3) is 0.759. The van der Waals surface area contributed by atoms with E-state index in [-0.39, 0.29) is 11.3 Å². The van der Waals surface area contributed by atoms with Crippen LogP contribution in [0.25, 0.3) is 11.0 Å². The highest BCUT2D eigenvalue weighted by molar-refractivity contribution is 6.34. The number of halogens is 1. The number of hydrogen-bond donors (Lipinski definition) is 0. The molecule has 8 unspecified atom stereocenters. The number of carbonyl (C=O) groups is 1. The first-order valence-corrected chi connectivity index (χ1v) is 14.2. The Hall–Kier alpha value is -1.46. The van der Waals surface area contributed by atoms with Gasteiger partial charge in [0.2, 0.25) is 0 Å². The second-order valence-electron chi connectivity index (χ2n) is 12.7. The van der Waals surface area contributed by atoms with Crippen molar-refractivity contribution in [2.24, 2.45) is 46.3 Å². The van der Waals surface area contributed by atoms with E-state index in [2.05, 4.69) is 24.2 Å². The normalized spacial score (nSPS) is 40.8. The van der Waals surface area contributed by atoms with Gasteiger partial charge in [-0.15, -0.1) is 5.10 Å². The number of methoxy groups -OCH3 is 1. The number of rotatable bonds is 5. The first-order chi connectivity index (χ1) is 16.9. The van der Waals surface area contributed by atoms with Crippen LogP contribution < -0.4 is 0 Å². The van der Waals surface area contributed by atoms with Gasteiger partial charge in [0.15, 0.2) is 5.78 Å². The van der Waals surface area contributed by atoms with E-state index in [0.717, 1.165) is 42.2 Å². The number of ether oxygens (including phenoxy) is 1. The van der Waals surface area contributed by atoms with Crippen molar-refractivity contribution in [1.82, 2.24) is 15.0 Å². The number of aromatic nitrogens is 3. The Morgan fingerprint density at radius 3 is 2.83 bits per heavy atom. The van der Waals surface area contributed by atoms with Gasteiger partial charge >= 0.3 is 0 Å². The molecule has 0 saturated heterocycles. The predicted octanol–water partition coefficient (Wildman–Crippen LogP) is 6.58. The summed E-state index contributed by atoms with van der Waals surface area (Å²) in [7, 11) is 1.91. The number of benzene rings is 1. The minimum atomic E-state index is 0.106. The van der Waals surface area contributed by atoms with E-state index in [1.807, 2.05) is 25.3 Å². The van der Waals surface area contributed by atoms with Crippen molar-refractivity contribution in [1.29, 1.82) is 0 Å². The minimum absolute atomic E-state index is 0.106. The van der Waals surface area contributed by atoms with Crippen LogP contribution in [-0.2, 0) is 16.1 Å². The van der Waals surface area contributed by atoms with Crippen molar-refractivity contribution in [2.75, 3.05) is 13.7 Å². The van der Waals surface area contributed by atoms with Crippen LogP contribution in [0.4, 0.5) is 0 Å². The van der Waals surface area contributed by atoms with Crippen LogP contribution in [0.5, 0.6) is 0 Å². The average molecular weight is 498 g/mol. The van der Waals surface area contributed by atoms with E-state index in [1.165, 1.54) is 51.4 Å². The van der Waals surface area contributed by atoms with Gasteiger partial charge in [0, 0.05) is 13.0 Å². The zero-order valence-electron chi connectivity index (χ0n) is 21.5. The molecule has 0 amide bonds. The number of ketones is 1. The Labute approximate surface area is 214 Å². The first-order valence-electron chi connectivity index (χ1n) is 13.9. The lowest BCUT2D eigenvalue weighted by molar-refractivity contribution is -0.154. The number of carbonyl (C=O) groups excluding carboxylic acids is 1. The quantitative estimate of drug-likeness (QED) is 0.468. The van der Waals surface area contributed by atoms with Crippen LogP contribution in [-0.4, -0.2) is 34.5 Å². The fourth-order valence-corrected chi connectivity index (χ4v) is 9.88. The molecule has 0 bridgehead atoms. The third-order valence-corrected chi connectivity index (χ3v) is 11.5. The van der Waals surface area contributed by atoms with Crippen LogP contribution >= 0.6 is 11.6 Å². The number of Topliss-reactive ketones (excluding diaryl/α,β-unsaturated/α-hetero) is 1. The first kappa shape index (κ1) is 23.9. The van der Waals surface area contributed by atoms with Crippen molar-refractivity contribution in [3.63, 3.8) is 0 Å². The third kappa shape index (κ3) is 3.62. The highest BCUT2D eigenvalue weighted by Gasteiger charge is 2.62. The summed E-state index contributed by atoms with van der Waals surface area (Å²) in [6, 6.07) is 5.68.